The Morgan fingerprint density at radius 1 is 0.333 bits per heavy atom. The monoisotopic (exact) mass is 649 g/mol. The molecule has 1 heterocycles. The number of hydrogen-bond donors (Lipinski definition) is 0. The van der Waals surface area contributed by atoms with Gasteiger partial charge in [-0.25, -0.2) is 4.98 Å². The summed E-state index contributed by atoms with van der Waals surface area (Å²) in [6, 6.07) is 64.2. The van der Waals surface area contributed by atoms with E-state index in [1.807, 2.05) is 0 Å². The Hall–Kier alpha value is -6.31. The van der Waals surface area contributed by atoms with E-state index in [1.54, 1.807) is 0 Å². The van der Waals surface area contributed by atoms with E-state index in [4.69, 9.17) is 4.98 Å². The van der Waals surface area contributed by atoms with Gasteiger partial charge < -0.3 is 0 Å². The van der Waals surface area contributed by atoms with Crippen molar-refractivity contribution in [2.45, 2.75) is 19.3 Å². The fourth-order valence-corrected chi connectivity index (χ4v) is 8.52. The summed E-state index contributed by atoms with van der Waals surface area (Å²) in [6.07, 6.45) is 0. The normalized spacial score (nSPS) is 13.1. The van der Waals surface area contributed by atoms with Crippen LogP contribution in [0.25, 0.3) is 88.2 Å². The van der Waals surface area contributed by atoms with Crippen LogP contribution in [0.1, 0.15) is 25.0 Å². The molecule has 10 rings (SSSR count). The van der Waals surface area contributed by atoms with Crippen molar-refractivity contribution in [1.29, 1.82) is 0 Å². The van der Waals surface area contributed by atoms with E-state index in [0.717, 1.165) is 28.1 Å². The lowest BCUT2D eigenvalue weighted by Crippen LogP contribution is -2.14. The van der Waals surface area contributed by atoms with Crippen LogP contribution in [0.4, 0.5) is 0 Å². The summed E-state index contributed by atoms with van der Waals surface area (Å²) in [6.45, 7) is 4.69. The average Bonchev–Trinajstić information content (AvgIpc) is 3.43. The van der Waals surface area contributed by atoms with E-state index < -0.39 is 0 Å². The predicted octanol–water partition coefficient (Wildman–Crippen LogP) is 13.5. The number of rotatable bonds is 4. The largest absolute Gasteiger partial charge is 0.248 e. The second kappa shape index (κ2) is 11.4. The Labute approximate surface area is 298 Å². The van der Waals surface area contributed by atoms with E-state index in [9.17, 15) is 0 Å². The smallest absolute Gasteiger partial charge is 0.0722 e. The zero-order valence-electron chi connectivity index (χ0n) is 28.7. The van der Waals surface area contributed by atoms with Crippen molar-refractivity contribution >= 4 is 32.3 Å². The SMILES string of the molecule is CC1(C)c2ccccc2-c2cc(-c3ccc4c5ccccc5c5cccc(-c6cc(-c7ccccc7)cc(-c7ccccc7)n6)c5c4c3)ccc21. The molecule has 240 valence electrons. The molecular weight excluding hydrogens is 615 g/mol. The Bertz CT molecular complexity index is 2750. The molecule has 0 bridgehead atoms. The van der Waals surface area contributed by atoms with E-state index in [-0.39, 0.29) is 5.41 Å². The Morgan fingerprint density at radius 2 is 0.902 bits per heavy atom. The molecule has 8 aromatic carbocycles. The van der Waals surface area contributed by atoms with Gasteiger partial charge in [0, 0.05) is 16.5 Å². The number of nitrogens with zero attached hydrogens (tertiary/aromatic N) is 1. The highest BCUT2D eigenvalue weighted by atomic mass is 14.7. The molecule has 0 spiro atoms. The van der Waals surface area contributed by atoms with Crippen molar-refractivity contribution in [3.8, 4) is 55.9 Å². The third-order valence-electron chi connectivity index (χ3n) is 11.1. The highest BCUT2D eigenvalue weighted by Crippen LogP contribution is 2.50. The molecule has 9 aromatic rings. The third-order valence-corrected chi connectivity index (χ3v) is 11.1. The van der Waals surface area contributed by atoms with Crippen LogP contribution in [0, 0.1) is 0 Å². The zero-order chi connectivity index (χ0) is 34.1. The number of pyridine rings is 1. The van der Waals surface area contributed by atoms with Crippen LogP contribution in [-0.4, -0.2) is 4.98 Å². The average molecular weight is 650 g/mol. The molecule has 0 amide bonds. The van der Waals surface area contributed by atoms with Crippen LogP contribution in [0.3, 0.4) is 0 Å². The first-order chi connectivity index (χ1) is 25.0. The lowest BCUT2D eigenvalue weighted by Gasteiger charge is -2.21. The first-order valence-corrected chi connectivity index (χ1v) is 17.8. The van der Waals surface area contributed by atoms with Crippen molar-refractivity contribution in [3.05, 3.63) is 187 Å². The molecule has 0 radical (unpaired) electrons. The lowest BCUT2D eigenvalue weighted by molar-refractivity contribution is 0.660. The van der Waals surface area contributed by atoms with Crippen LogP contribution in [0.15, 0.2) is 176 Å². The molecule has 1 aromatic heterocycles. The van der Waals surface area contributed by atoms with Gasteiger partial charge in [0.25, 0.3) is 0 Å². The molecule has 1 aliphatic rings. The van der Waals surface area contributed by atoms with Crippen molar-refractivity contribution in [1.82, 2.24) is 4.98 Å². The first kappa shape index (κ1) is 29.6. The van der Waals surface area contributed by atoms with Crippen molar-refractivity contribution in [2.24, 2.45) is 0 Å². The van der Waals surface area contributed by atoms with Gasteiger partial charge in [0.2, 0.25) is 0 Å². The molecule has 0 N–H and O–H groups in total. The third kappa shape index (κ3) is 4.66. The van der Waals surface area contributed by atoms with Gasteiger partial charge in [-0.3, -0.25) is 0 Å². The minimum Gasteiger partial charge on any atom is -0.248 e. The van der Waals surface area contributed by atoms with E-state index in [0.29, 0.717) is 0 Å². The van der Waals surface area contributed by atoms with Crippen molar-refractivity contribution in [3.63, 3.8) is 0 Å². The maximum absolute atomic E-state index is 5.39. The highest BCUT2D eigenvalue weighted by molar-refractivity contribution is 6.28. The molecule has 0 atom stereocenters. The second-order valence-electron chi connectivity index (χ2n) is 14.3. The van der Waals surface area contributed by atoms with E-state index in [2.05, 4.69) is 190 Å². The van der Waals surface area contributed by atoms with Crippen molar-refractivity contribution in [2.75, 3.05) is 0 Å². The Morgan fingerprint density at radius 3 is 1.71 bits per heavy atom. The lowest BCUT2D eigenvalue weighted by atomic mass is 9.82. The summed E-state index contributed by atoms with van der Waals surface area (Å²) in [5.74, 6) is 0. The Kier molecular flexibility index (Phi) is 6.60. The summed E-state index contributed by atoms with van der Waals surface area (Å²) in [7, 11) is 0. The van der Waals surface area contributed by atoms with Gasteiger partial charge in [-0.2, -0.15) is 0 Å². The van der Waals surface area contributed by atoms with Gasteiger partial charge in [0.05, 0.1) is 11.4 Å². The molecule has 0 saturated heterocycles. The molecule has 0 fully saturated rings. The Balaban J connectivity index is 1.25. The summed E-state index contributed by atoms with van der Waals surface area (Å²) in [5.41, 5.74) is 14.4. The molecular formula is C50H35N. The summed E-state index contributed by atoms with van der Waals surface area (Å²) in [4.78, 5) is 5.39. The number of aromatic nitrogens is 1. The van der Waals surface area contributed by atoms with Crippen LogP contribution in [-0.2, 0) is 5.41 Å². The van der Waals surface area contributed by atoms with Gasteiger partial charge in [0.15, 0.2) is 0 Å². The fraction of sp³-hybridized carbons (Fsp3) is 0.0600. The van der Waals surface area contributed by atoms with Crippen LogP contribution in [0.2, 0.25) is 0 Å². The van der Waals surface area contributed by atoms with Crippen LogP contribution >= 0.6 is 0 Å². The summed E-state index contributed by atoms with van der Waals surface area (Å²) >= 11 is 0. The molecule has 0 saturated carbocycles. The minimum absolute atomic E-state index is 0.0161. The number of hydrogen-bond acceptors (Lipinski definition) is 1. The molecule has 1 nitrogen and oxygen atoms in total. The van der Waals surface area contributed by atoms with Crippen LogP contribution < -0.4 is 0 Å². The predicted molar refractivity (Wildman–Crippen MR) is 216 cm³/mol. The molecule has 1 aliphatic carbocycles. The second-order valence-corrected chi connectivity index (χ2v) is 14.3. The standard InChI is InChI=1S/C50H35N/c1-50(2)45-23-12-11-20-40(45)43-28-35(25-27-46(43)50)34-24-26-39-37-18-9-10-19-38(37)41-21-13-22-42(49(41)44(39)29-34)48-31-36(32-14-5-3-6-15-32)30-47(51-48)33-16-7-4-8-17-33/h3-31H,1-2H3. The molecule has 51 heavy (non-hydrogen) atoms. The molecule has 0 aliphatic heterocycles. The van der Waals surface area contributed by atoms with E-state index in [1.165, 1.54) is 71.3 Å². The first-order valence-electron chi connectivity index (χ1n) is 17.8. The number of benzene rings is 8. The van der Waals surface area contributed by atoms with Gasteiger partial charge in [0.1, 0.15) is 0 Å². The van der Waals surface area contributed by atoms with Gasteiger partial charge in [-0.05, 0) is 101 Å². The maximum atomic E-state index is 5.39. The van der Waals surface area contributed by atoms with Crippen LogP contribution in [0.5, 0.6) is 0 Å². The van der Waals surface area contributed by atoms with Gasteiger partial charge in [-0.1, -0.05) is 166 Å². The topological polar surface area (TPSA) is 12.9 Å². The quantitative estimate of drug-likeness (QED) is 0.173. The molecule has 1 heteroatoms. The number of fused-ring (bicyclic) bond motifs is 9. The maximum Gasteiger partial charge on any atom is 0.0722 e. The zero-order valence-corrected chi connectivity index (χ0v) is 28.7. The van der Waals surface area contributed by atoms with Crippen molar-refractivity contribution < 1.29 is 0 Å². The highest BCUT2D eigenvalue weighted by Gasteiger charge is 2.35. The summed E-state index contributed by atoms with van der Waals surface area (Å²) in [5, 5.41) is 7.50. The van der Waals surface area contributed by atoms with Gasteiger partial charge in [-0.15, -0.1) is 0 Å². The minimum atomic E-state index is -0.0161. The summed E-state index contributed by atoms with van der Waals surface area (Å²) < 4.78 is 0. The van der Waals surface area contributed by atoms with E-state index >= 15 is 0 Å². The van der Waals surface area contributed by atoms with Gasteiger partial charge >= 0.3 is 0 Å². The molecule has 0 unspecified atom stereocenters. The fourth-order valence-electron chi connectivity index (χ4n) is 8.52.